The minimum atomic E-state index is -3.60. The van der Waals surface area contributed by atoms with Crippen molar-refractivity contribution in [3.63, 3.8) is 0 Å². The first-order valence-electron chi connectivity index (χ1n) is 5.31. The van der Waals surface area contributed by atoms with Crippen molar-refractivity contribution in [1.29, 1.82) is 0 Å². The maximum Gasteiger partial charge on any atom is 0.235 e. The molecular weight excluding hydrogens is 704 g/mol. The Balaban J connectivity index is 3.06. The van der Waals surface area contributed by atoms with Gasteiger partial charge in [0.2, 0.25) is 2.95 Å². The molecule has 1 fully saturated rings. The number of rotatable bonds is 2. The van der Waals surface area contributed by atoms with Crippen LogP contribution in [0.4, 0.5) is 0 Å². The molecule has 0 aromatic heterocycles. The normalized spacial score (nSPS) is 26.5. The lowest BCUT2D eigenvalue weighted by Crippen LogP contribution is -2.41. The summed E-state index contributed by atoms with van der Waals surface area (Å²) in [7, 11) is -7.20. The van der Waals surface area contributed by atoms with Crippen LogP contribution in [-0.2, 0) is 19.7 Å². The molecule has 0 bridgehead atoms. The number of alkyl halides is 6. The first-order valence-corrected chi connectivity index (χ1v) is 13.2. The summed E-state index contributed by atoms with van der Waals surface area (Å²) in [4.78, 5) is 0. The standard InChI is InChI=1S/C8H10Br6O4S2/c9-7(10,11)19(15,16)5-2-1-3-6(4-5)20(17,18)8(12,13)14/h5-6H,1-4H2. The molecule has 0 aromatic rings. The minimum absolute atomic E-state index is 0.0692. The first kappa shape index (κ1) is 20.8. The largest absolute Gasteiger partial charge is 0.235 e. The van der Waals surface area contributed by atoms with Gasteiger partial charge in [0, 0.05) is 0 Å². The van der Waals surface area contributed by atoms with Gasteiger partial charge in [-0.3, -0.25) is 0 Å². The van der Waals surface area contributed by atoms with Gasteiger partial charge in [0.25, 0.3) is 0 Å². The van der Waals surface area contributed by atoms with E-state index in [-0.39, 0.29) is 6.42 Å². The lowest BCUT2D eigenvalue weighted by Gasteiger charge is -2.32. The van der Waals surface area contributed by atoms with Crippen LogP contribution in [0.3, 0.4) is 0 Å². The SMILES string of the molecule is O=S(=O)(C1CCCC(S(=O)(=O)C(Br)(Br)Br)C1)C(Br)(Br)Br. The van der Waals surface area contributed by atoms with Gasteiger partial charge in [-0.05, 0) is 115 Å². The average molecular weight is 714 g/mol. The van der Waals surface area contributed by atoms with Crippen LogP contribution in [0, 0.1) is 0 Å². The molecule has 0 N–H and O–H groups in total. The Morgan fingerprint density at radius 3 is 1.25 bits per heavy atom. The van der Waals surface area contributed by atoms with E-state index >= 15 is 0 Å². The lowest BCUT2D eigenvalue weighted by atomic mass is 10.00. The Morgan fingerprint density at radius 1 is 0.700 bits per heavy atom. The van der Waals surface area contributed by atoms with Crippen LogP contribution < -0.4 is 0 Å². The van der Waals surface area contributed by atoms with Gasteiger partial charge < -0.3 is 0 Å². The smallest absolute Gasteiger partial charge is 0.225 e. The van der Waals surface area contributed by atoms with Crippen molar-refractivity contribution in [2.75, 3.05) is 0 Å². The molecule has 20 heavy (non-hydrogen) atoms. The highest BCUT2D eigenvalue weighted by Gasteiger charge is 2.49. The van der Waals surface area contributed by atoms with E-state index in [2.05, 4.69) is 95.6 Å². The molecule has 0 heterocycles. The van der Waals surface area contributed by atoms with Crippen molar-refractivity contribution in [1.82, 2.24) is 0 Å². The average Bonchev–Trinajstić information content (AvgIpc) is 2.26. The molecule has 0 aliphatic heterocycles. The van der Waals surface area contributed by atoms with Crippen LogP contribution in [0.25, 0.3) is 0 Å². The molecule has 0 radical (unpaired) electrons. The maximum absolute atomic E-state index is 12.4. The van der Waals surface area contributed by atoms with Crippen LogP contribution in [0.1, 0.15) is 25.7 Å². The van der Waals surface area contributed by atoms with Crippen molar-refractivity contribution in [3.05, 3.63) is 0 Å². The van der Waals surface area contributed by atoms with Crippen molar-refractivity contribution in [2.45, 2.75) is 39.1 Å². The van der Waals surface area contributed by atoms with Crippen LogP contribution in [0.2, 0.25) is 0 Å². The van der Waals surface area contributed by atoms with E-state index in [0.717, 1.165) is 0 Å². The Morgan fingerprint density at radius 2 is 1.00 bits per heavy atom. The Bertz CT molecular complexity index is 509. The molecule has 0 amide bonds. The van der Waals surface area contributed by atoms with E-state index in [1.807, 2.05) is 0 Å². The lowest BCUT2D eigenvalue weighted by molar-refractivity contribution is 0.472. The fourth-order valence-corrected chi connectivity index (χ4v) is 9.60. The predicted octanol–water partition coefficient (Wildman–Crippen LogP) is 4.72. The summed E-state index contributed by atoms with van der Waals surface area (Å²) < 4.78 is 46.6. The minimum Gasteiger partial charge on any atom is -0.225 e. The van der Waals surface area contributed by atoms with Crippen LogP contribution in [-0.4, -0.2) is 30.3 Å². The zero-order chi connectivity index (χ0) is 16.0. The first-order chi connectivity index (χ1) is 8.71. The van der Waals surface area contributed by atoms with Crippen molar-refractivity contribution < 1.29 is 16.8 Å². The van der Waals surface area contributed by atoms with Gasteiger partial charge in [-0.15, -0.1) is 0 Å². The highest BCUT2D eigenvalue weighted by Crippen LogP contribution is 2.48. The highest BCUT2D eigenvalue weighted by molar-refractivity contribution is 9.42. The second-order valence-corrected chi connectivity index (χ2v) is 25.8. The molecule has 1 saturated carbocycles. The Hall–Kier alpha value is 2.78. The fourth-order valence-electron chi connectivity index (χ4n) is 2.04. The van der Waals surface area contributed by atoms with E-state index in [9.17, 15) is 16.8 Å². The van der Waals surface area contributed by atoms with Crippen molar-refractivity contribution >= 4 is 115 Å². The molecule has 2 unspecified atom stereocenters. The number of halogens is 6. The van der Waals surface area contributed by atoms with E-state index in [0.29, 0.717) is 19.3 Å². The number of sulfone groups is 2. The van der Waals surface area contributed by atoms with Crippen LogP contribution in [0.5, 0.6) is 0 Å². The number of hydrogen-bond donors (Lipinski definition) is 0. The van der Waals surface area contributed by atoms with Crippen LogP contribution >= 0.6 is 95.6 Å². The maximum atomic E-state index is 12.4. The van der Waals surface area contributed by atoms with E-state index in [1.54, 1.807) is 0 Å². The van der Waals surface area contributed by atoms with E-state index < -0.39 is 33.1 Å². The number of hydrogen-bond acceptors (Lipinski definition) is 4. The Kier molecular flexibility index (Phi) is 7.24. The molecule has 120 valence electrons. The van der Waals surface area contributed by atoms with E-state index in [1.165, 1.54) is 0 Å². The van der Waals surface area contributed by atoms with Gasteiger partial charge in [0.05, 0.1) is 10.5 Å². The van der Waals surface area contributed by atoms with Gasteiger partial charge in [-0.1, -0.05) is 6.42 Å². The molecule has 1 aliphatic rings. The van der Waals surface area contributed by atoms with Gasteiger partial charge in [0.15, 0.2) is 19.7 Å². The molecule has 12 heteroatoms. The summed E-state index contributed by atoms with van der Waals surface area (Å²) in [6, 6.07) is 0. The third-order valence-electron chi connectivity index (χ3n) is 3.10. The summed E-state index contributed by atoms with van der Waals surface area (Å²) in [5.41, 5.74) is 0. The summed E-state index contributed by atoms with van der Waals surface area (Å²) in [6.45, 7) is 0. The summed E-state index contributed by atoms with van der Waals surface area (Å²) in [6.07, 6.45) is 1.50. The zero-order valence-corrected chi connectivity index (χ0v) is 20.8. The molecular formula is C8H10Br6O4S2. The molecule has 0 spiro atoms. The predicted molar refractivity (Wildman–Crippen MR) is 103 cm³/mol. The molecule has 0 aromatic carbocycles. The second-order valence-electron chi connectivity index (χ2n) is 4.39. The van der Waals surface area contributed by atoms with Gasteiger partial charge >= 0.3 is 0 Å². The summed E-state index contributed by atoms with van der Waals surface area (Å²) in [5.74, 6) is 0. The van der Waals surface area contributed by atoms with Crippen LogP contribution in [0.15, 0.2) is 0 Å². The van der Waals surface area contributed by atoms with Gasteiger partial charge in [-0.2, -0.15) is 0 Å². The fraction of sp³-hybridized carbons (Fsp3) is 1.00. The second kappa shape index (κ2) is 6.95. The zero-order valence-electron chi connectivity index (χ0n) is 9.70. The van der Waals surface area contributed by atoms with Crippen molar-refractivity contribution in [3.8, 4) is 0 Å². The van der Waals surface area contributed by atoms with Crippen molar-refractivity contribution in [2.24, 2.45) is 0 Å². The summed E-state index contributed by atoms with van der Waals surface area (Å²) in [5, 5.41) is -1.46. The third-order valence-corrected chi connectivity index (χ3v) is 15.1. The Labute approximate surface area is 169 Å². The third kappa shape index (κ3) is 4.44. The van der Waals surface area contributed by atoms with E-state index in [4.69, 9.17) is 0 Å². The highest BCUT2D eigenvalue weighted by atomic mass is 80.0. The van der Waals surface area contributed by atoms with Gasteiger partial charge in [-0.25, -0.2) is 16.8 Å². The molecule has 0 saturated heterocycles. The molecule has 4 nitrogen and oxygen atoms in total. The molecule has 1 aliphatic carbocycles. The molecule has 2 atom stereocenters. The summed E-state index contributed by atoms with van der Waals surface area (Å²) >= 11 is 18.1. The van der Waals surface area contributed by atoms with Gasteiger partial charge in [0.1, 0.15) is 0 Å². The topological polar surface area (TPSA) is 68.3 Å². The monoisotopic (exact) mass is 708 g/mol. The molecule has 1 rings (SSSR count). The quantitative estimate of drug-likeness (QED) is 0.389.